The van der Waals surface area contributed by atoms with E-state index in [9.17, 15) is 4.39 Å². The average Bonchev–Trinajstić information content (AvgIpc) is 2.93. The Morgan fingerprint density at radius 1 is 0.595 bits per heavy atom. The van der Waals surface area contributed by atoms with E-state index in [0.29, 0.717) is 17.4 Å². The first-order valence-electron chi connectivity index (χ1n) is 15.3. The maximum atomic E-state index is 15.3. The van der Waals surface area contributed by atoms with Crippen LogP contribution in [0, 0.1) is 35.2 Å². The zero-order valence-corrected chi connectivity index (χ0v) is 22.7. The van der Waals surface area contributed by atoms with E-state index in [1.165, 1.54) is 69.9 Å². The van der Waals surface area contributed by atoms with E-state index >= 15 is 8.78 Å². The number of rotatable bonds is 7. The highest BCUT2D eigenvalue weighted by atomic mass is 19.1. The molecule has 2 aromatic rings. The van der Waals surface area contributed by atoms with Crippen molar-refractivity contribution in [2.75, 3.05) is 0 Å². The van der Waals surface area contributed by atoms with Crippen LogP contribution in [0.15, 0.2) is 36.4 Å². The molecular formula is C34H45F3. The van der Waals surface area contributed by atoms with Crippen molar-refractivity contribution in [2.45, 2.75) is 121 Å². The molecule has 0 unspecified atom stereocenters. The van der Waals surface area contributed by atoms with Crippen LogP contribution in [0.5, 0.6) is 0 Å². The number of hydrogen-bond acceptors (Lipinski definition) is 0. The first kappa shape index (κ1) is 26.8. The quantitative estimate of drug-likeness (QED) is 0.347. The van der Waals surface area contributed by atoms with Crippen LogP contribution in [0.25, 0.3) is 0 Å². The van der Waals surface area contributed by atoms with Gasteiger partial charge in [-0.1, -0.05) is 51.2 Å². The predicted molar refractivity (Wildman–Crippen MR) is 146 cm³/mol. The zero-order chi connectivity index (χ0) is 25.8. The van der Waals surface area contributed by atoms with Crippen molar-refractivity contribution in [1.29, 1.82) is 0 Å². The normalized spacial score (nSPS) is 30.8. The SMILES string of the molecule is CCCCC1CCC(C2CCC(c3cc(F)c(C4CCC(c5ccc(F)cc5)CC4)c(F)c3)CC2)CC1. The molecule has 0 amide bonds. The maximum absolute atomic E-state index is 15.3. The first-order chi connectivity index (χ1) is 18.0. The van der Waals surface area contributed by atoms with Crippen molar-refractivity contribution in [3.05, 3.63) is 70.5 Å². The molecule has 5 rings (SSSR count). The molecule has 0 spiro atoms. The van der Waals surface area contributed by atoms with Crippen LogP contribution in [-0.2, 0) is 0 Å². The third-order valence-electron chi connectivity index (χ3n) is 10.3. The zero-order valence-electron chi connectivity index (χ0n) is 22.7. The summed E-state index contributed by atoms with van der Waals surface area (Å²) < 4.78 is 43.9. The second-order valence-corrected chi connectivity index (χ2v) is 12.5. The standard InChI is InChI=1S/C34H45F3/c1-2-3-4-23-5-7-24(8-6-23)25-9-11-28(12-10-25)30-21-32(36)34(33(37)22-30)29-15-13-26(14-16-29)27-17-19-31(35)20-18-27/h17-26,28-29H,2-16H2,1H3. The van der Waals surface area contributed by atoms with Crippen LogP contribution < -0.4 is 0 Å². The van der Waals surface area contributed by atoms with E-state index < -0.39 is 0 Å². The molecule has 0 radical (unpaired) electrons. The molecule has 3 aliphatic carbocycles. The van der Waals surface area contributed by atoms with Crippen LogP contribution in [0.2, 0.25) is 0 Å². The van der Waals surface area contributed by atoms with Crippen molar-refractivity contribution in [1.82, 2.24) is 0 Å². The van der Waals surface area contributed by atoms with Crippen LogP contribution in [0.3, 0.4) is 0 Å². The van der Waals surface area contributed by atoms with Crippen LogP contribution in [0.1, 0.15) is 138 Å². The Hall–Kier alpha value is -1.77. The molecule has 0 nitrogen and oxygen atoms in total. The molecule has 0 heterocycles. The Balaban J connectivity index is 1.14. The van der Waals surface area contributed by atoms with Crippen molar-refractivity contribution in [2.24, 2.45) is 17.8 Å². The summed E-state index contributed by atoms with van der Waals surface area (Å²) in [5.41, 5.74) is 2.31. The molecule has 0 aromatic heterocycles. The fraction of sp³-hybridized carbons (Fsp3) is 0.647. The summed E-state index contributed by atoms with van der Waals surface area (Å²) in [4.78, 5) is 0. The predicted octanol–water partition coefficient (Wildman–Crippen LogP) is 10.8. The Morgan fingerprint density at radius 2 is 1.08 bits per heavy atom. The minimum Gasteiger partial charge on any atom is -0.207 e. The first-order valence-corrected chi connectivity index (χ1v) is 15.3. The van der Waals surface area contributed by atoms with Gasteiger partial charge in [0.25, 0.3) is 0 Å². The van der Waals surface area contributed by atoms with Crippen molar-refractivity contribution < 1.29 is 13.2 Å². The molecule has 0 atom stereocenters. The summed E-state index contributed by atoms with van der Waals surface area (Å²) in [5, 5.41) is 0. The lowest BCUT2D eigenvalue weighted by Gasteiger charge is -2.38. The molecule has 3 aliphatic rings. The lowest BCUT2D eigenvalue weighted by Crippen LogP contribution is -2.25. The highest BCUT2D eigenvalue weighted by molar-refractivity contribution is 5.32. The summed E-state index contributed by atoms with van der Waals surface area (Å²) in [5.74, 6) is 2.33. The number of halogens is 3. The Labute approximate surface area is 222 Å². The van der Waals surface area contributed by atoms with Crippen molar-refractivity contribution in [3.63, 3.8) is 0 Å². The Kier molecular flexibility index (Phi) is 8.98. The second-order valence-electron chi connectivity index (χ2n) is 12.5. The van der Waals surface area contributed by atoms with Crippen molar-refractivity contribution >= 4 is 0 Å². The van der Waals surface area contributed by atoms with E-state index in [0.717, 1.165) is 67.4 Å². The highest BCUT2D eigenvalue weighted by Crippen LogP contribution is 2.46. The lowest BCUT2D eigenvalue weighted by atomic mass is 9.68. The molecule has 0 bridgehead atoms. The molecule has 3 saturated carbocycles. The van der Waals surface area contributed by atoms with Gasteiger partial charge in [-0.2, -0.15) is 0 Å². The summed E-state index contributed by atoms with van der Waals surface area (Å²) in [6, 6.07) is 10.0. The van der Waals surface area contributed by atoms with Gasteiger partial charge in [0, 0.05) is 5.56 Å². The third kappa shape index (κ3) is 6.45. The van der Waals surface area contributed by atoms with E-state index in [1.54, 1.807) is 12.1 Å². The highest BCUT2D eigenvalue weighted by Gasteiger charge is 2.33. The fourth-order valence-corrected chi connectivity index (χ4v) is 8.05. The Morgan fingerprint density at radius 3 is 1.65 bits per heavy atom. The average molecular weight is 511 g/mol. The molecule has 202 valence electrons. The van der Waals surface area contributed by atoms with Gasteiger partial charge in [-0.05, 0) is 135 Å². The maximum Gasteiger partial charge on any atom is 0.129 e. The summed E-state index contributed by atoms with van der Waals surface area (Å²) in [6.07, 6.45) is 17.6. The summed E-state index contributed by atoms with van der Waals surface area (Å²) >= 11 is 0. The summed E-state index contributed by atoms with van der Waals surface area (Å²) in [7, 11) is 0. The smallest absolute Gasteiger partial charge is 0.129 e. The number of unbranched alkanes of at least 4 members (excludes halogenated alkanes) is 1. The third-order valence-corrected chi connectivity index (χ3v) is 10.3. The van der Waals surface area contributed by atoms with Gasteiger partial charge >= 0.3 is 0 Å². The van der Waals surface area contributed by atoms with Crippen LogP contribution in [-0.4, -0.2) is 0 Å². The van der Waals surface area contributed by atoms with Gasteiger partial charge in [-0.25, -0.2) is 13.2 Å². The molecule has 3 heteroatoms. The topological polar surface area (TPSA) is 0 Å². The largest absolute Gasteiger partial charge is 0.207 e. The molecule has 0 aliphatic heterocycles. The molecule has 0 saturated heterocycles. The molecule has 37 heavy (non-hydrogen) atoms. The van der Waals surface area contributed by atoms with Gasteiger partial charge in [-0.15, -0.1) is 0 Å². The molecule has 2 aromatic carbocycles. The van der Waals surface area contributed by atoms with Gasteiger partial charge in [0.15, 0.2) is 0 Å². The van der Waals surface area contributed by atoms with E-state index in [2.05, 4.69) is 6.92 Å². The second kappa shape index (κ2) is 12.4. The molecule has 0 N–H and O–H groups in total. The van der Waals surface area contributed by atoms with Crippen molar-refractivity contribution in [3.8, 4) is 0 Å². The van der Waals surface area contributed by atoms with E-state index in [-0.39, 0.29) is 23.4 Å². The van der Waals surface area contributed by atoms with Gasteiger partial charge < -0.3 is 0 Å². The number of hydrogen-bond donors (Lipinski definition) is 0. The molecular weight excluding hydrogens is 465 g/mol. The minimum absolute atomic E-state index is 0.0612. The van der Waals surface area contributed by atoms with Gasteiger partial charge in [0.05, 0.1) is 0 Å². The molecule has 3 fully saturated rings. The van der Waals surface area contributed by atoms with Gasteiger partial charge in [0.2, 0.25) is 0 Å². The van der Waals surface area contributed by atoms with Gasteiger partial charge in [0.1, 0.15) is 17.5 Å². The van der Waals surface area contributed by atoms with E-state index in [1.807, 2.05) is 12.1 Å². The lowest BCUT2D eigenvalue weighted by molar-refractivity contribution is 0.156. The van der Waals surface area contributed by atoms with Gasteiger partial charge in [-0.3, -0.25) is 0 Å². The summed E-state index contributed by atoms with van der Waals surface area (Å²) in [6.45, 7) is 2.29. The van der Waals surface area contributed by atoms with Crippen LogP contribution >= 0.6 is 0 Å². The van der Waals surface area contributed by atoms with Crippen LogP contribution in [0.4, 0.5) is 13.2 Å². The Bertz CT molecular complexity index is 965. The monoisotopic (exact) mass is 510 g/mol. The number of benzene rings is 2. The van der Waals surface area contributed by atoms with E-state index in [4.69, 9.17) is 0 Å². The minimum atomic E-state index is -0.340. The fourth-order valence-electron chi connectivity index (χ4n) is 8.05.